The molecule has 168 valence electrons. The monoisotopic (exact) mass is 450 g/mol. The van der Waals surface area contributed by atoms with Crippen molar-refractivity contribution < 1.29 is 14.0 Å². The number of hydrogen-bond acceptors (Lipinski definition) is 4. The van der Waals surface area contributed by atoms with E-state index < -0.39 is 0 Å². The smallest absolute Gasteiger partial charge is 0.290 e. The molecule has 2 aromatic heterocycles. The first kappa shape index (κ1) is 22.3. The van der Waals surface area contributed by atoms with Crippen LogP contribution in [0, 0.1) is 12.8 Å². The molecule has 6 heteroatoms. The van der Waals surface area contributed by atoms with E-state index in [-0.39, 0.29) is 30.2 Å². The third kappa shape index (κ3) is 4.65. The van der Waals surface area contributed by atoms with Gasteiger partial charge < -0.3 is 14.2 Å². The summed E-state index contributed by atoms with van der Waals surface area (Å²) in [6.45, 7) is 7.55. The van der Waals surface area contributed by atoms with Crippen LogP contribution in [0.2, 0.25) is 0 Å². The highest BCUT2D eigenvalue weighted by Crippen LogP contribution is 2.39. The Morgan fingerprint density at radius 2 is 1.97 bits per heavy atom. The van der Waals surface area contributed by atoms with Gasteiger partial charge in [-0.1, -0.05) is 38.1 Å². The molecule has 5 nitrogen and oxygen atoms in total. The van der Waals surface area contributed by atoms with Crippen molar-refractivity contribution in [2.75, 3.05) is 19.6 Å². The normalized spacial score (nSPS) is 15.6. The molecule has 3 heterocycles. The molecule has 1 atom stereocenters. The first-order valence-corrected chi connectivity index (χ1v) is 12.1. The molecule has 0 saturated carbocycles. The Kier molecular flexibility index (Phi) is 6.80. The maximum Gasteiger partial charge on any atom is 0.290 e. The minimum absolute atomic E-state index is 0.0289. The Hall–Kier alpha value is -2.86. The number of carbonyl (C=O) groups is 2. The maximum atomic E-state index is 13.7. The van der Waals surface area contributed by atoms with Gasteiger partial charge in [0, 0.05) is 18.0 Å². The van der Waals surface area contributed by atoms with E-state index in [9.17, 15) is 9.59 Å². The molecule has 1 aromatic carbocycles. The molecule has 0 fully saturated rings. The second kappa shape index (κ2) is 9.74. The highest BCUT2D eigenvalue weighted by Gasteiger charge is 2.35. The molecule has 1 unspecified atom stereocenters. The number of furan rings is 1. The zero-order chi connectivity index (χ0) is 22.7. The van der Waals surface area contributed by atoms with E-state index in [1.165, 1.54) is 16.7 Å². The number of hydrogen-bond donors (Lipinski definition) is 0. The number of aryl methyl sites for hydroxylation is 1. The van der Waals surface area contributed by atoms with Crippen LogP contribution in [0.1, 0.15) is 58.4 Å². The predicted octanol–water partition coefficient (Wildman–Crippen LogP) is 5.31. The predicted molar refractivity (Wildman–Crippen MR) is 127 cm³/mol. The highest BCUT2D eigenvalue weighted by atomic mass is 32.1. The van der Waals surface area contributed by atoms with Crippen molar-refractivity contribution in [3.63, 3.8) is 0 Å². The van der Waals surface area contributed by atoms with E-state index in [0.29, 0.717) is 19.0 Å². The van der Waals surface area contributed by atoms with Gasteiger partial charge in [-0.3, -0.25) is 9.59 Å². The molecular weight excluding hydrogens is 420 g/mol. The lowest BCUT2D eigenvalue weighted by molar-refractivity contribution is -0.134. The van der Waals surface area contributed by atoms with E-state index in [1.54, 1.807) is 28.4 Å². The topological polar surface area (TPSA) is 53.8 Å². The van der Waals surface area contributed by atoms with Gasteiger partial charge in [-0.15, -0.1) is 11.3 Å². The molecule has 0 radical (unpaired) electrons. The quantitative estimate of drug-likeness (QED) is 0.490. The summed E-state index contributed by atoms with van der Waals surface area (Å²) in [5, 5.41) is 2.11. The van der Waals surface area contributed by atoms with Crippen molar-refractivity contribution in [1.29, 1.82) is 0 Å². The number of fused-ring (bicyclic) bond motifs is 1. The van der Waals surface area contributed by atoms with E-state index >= 15 is 0 Å². The third-order valence-corrected chi connectivity index (χ3v) is 7.09. The molecule has 0 spiro atoms. The second-order valence-electron chi connectivity index (χ2n) is 8.78. The molecule has 3 aromatic rings. The summed E-state index contributed by atoms with van der Waals surface area (Å²) in [6.07, 6.45) is 3.17. The average Bonchev–Trinajstić information content (AvgIpc) is 3.47. The second-order valence-corrected chi connectivity index (χ2v) is 9.78. The summed E-state index contributed by atoms with van der Waals surface area (Å²) in [4.78, 5) is 31.7. The van der Waals surface area contributed by atoms with Gasteiger partial charge in [-0.25, -0.2) is 0 Å². The standard InChI is InChI=1S/C26H30N2O3S/c1-18(2)10-13-27(26(30)22-9-6-15-31-22)17-24(29)28-14-11-23-21(12-16-32-23)25(28)20-8-5-4-7-19(20)3/h4-9,12,15-16,18,25H,10-11,13-14,17H2,1-3H3. The molecule has 0 saturated heterocycles. The Balaban J connectivity index is 1.62. The van der Waals surface area contributed by atoms with Gasteiger partial charge in [0.1, 0.15) is 6.54 Å². The zero-order valence-electron chi connectivity index (χ0n) is 18.9. The number of rotatable bonds is 7. The number of nitrogens with zero attached hydrogens (tertiary/aromatic N) is 2. The lowest BCUT2D eigenvalue weighted by atomic mass is 9.90. The Labute approximate surface area is 193 Å². The van der Waals surface area contributed by atoms with Crippen molar-refractivity contribution in [3.8, 4) is 0 Å². The van der Waals surface area contributed by atoms with Crippen LogP contribution in [0.25, 0.3) is 0 Å². The summed E-state index contributed by atoms with van der Waals surface area (Å²) >= 11 is 1.76. The first-order valence-electron chi connectivity index (χ1n) is 11.2. The fourth-order valence-electron chi connectivity index (χ4n) is 4.29. The lowest BCUT2D eigenvalue weighted by Crippen LogP contribution is -2.47. The average molecular weight is 451 g/mol. The number of amides is 2. The van der Waals surface area contributed by atoms with Crippen LogP contribution in [0.15, 0.2) is 58.5 Å². The Morgan fingerprint density at radius 1 is 1.16 bits per heavy atom. The highest BCUT2D eigenvalue weighted by molar-refractivity contribution is 7.10. The SMILES string of the molecule is Cc1ccccc1C1c2ccsc2CCN1C(=O)CN(CCC(C)C)C(=O)c1ccco1. The third-order valence-electron chi connectivity index (χ3n) is 6.09. The lowest BCUT2D eigenvalue weighted by Gasteiger charge is -2.38. The summed E-state index contributed by atoms with van der Waals surface area (Å²) in [5.41, 5.74) is 3.51. The summed E-state index contributed by atoms with van der Waals surface area (Å²) < 4.78 is 5.34. The largest absolute Gasteiger partial charge is 0.459 e. The summed E-state index contributed by atoms with van der Waals surface area (Å²) in [5.74, 6) is 0.444. The van der Waals surface area contributed by atoms with Crippen molar-refractivity contribution in [1.82, 2.24) is 9.80 Å². The van der Waals surface area contributed by atoms with Gasteiger partial charge in [0.2, 0.25) is 5.91 Å². The molecule has 0 bridgehead atoms. The van der Waals surface area contributed by atoms with Gasteiger partial charge in [0.05, 0.1) is 12.3 Å². The van der Waals surface area contributed by atoms with E-state index in [1.807, 2.05) is 17.0 Å². The molecule has 4 rings (SSSR count). The first-order chi connectivity index (χ1) is 15.5. The molecule has 32 heavy (non-hydrogen) atoms. The van der Waals surface area contributed by atoms with E-state index in [2.05, 4.69) is 44.4 Å². The van der Waals surface area contributed by atoms with Crippen LogP contribution in [0.4, 0.5) is 0 Å². The van der Waals surface area contributed by atoms with Crippen molar-refractivity contribution in [3.05, 3.63) is 81.4 Å². The minimum atomic E-state index is -0.232. The van der Waals surface area contributed by atoms with Crippen molar-refractivity contribution in [2.24, 2.45) is 5.92 Å². The minimum Gasteiger partial charge on any atom is -0.459 e. The van der Waals surface area contributed by atoms with Crippen LogP contribution >= 0.6 is 11.3 Å². The van der Waals surface area contributed by atoms with Gasteiger partial charge in [0.25, 0.3) is 5.91 Å². The van der Waals surface area contributed by atoms with E-state index in [0.717, 1.165) is 24.0 Å². The summed E-state index contributed by atoms with van der Waals surface area (Å²) in [6, 6.07) is 13.6. The van der Waals surface area contributed by atoms with Gasteiger partial charge >= 0.3 is 0 Å². The number of benzene rings is 1. The fourth-order valence-corrected chi connectivity index (χ4v) is 5.19. The molecule has 1 aliphatic heterocycles. The van der Waals surface area contributed by atoms with Crippen molar-refractivity contribution >= 4 is 23.2 Å². The van der Waals surface area contributed by atoms with Gasteiger partial charge in [-0.2, -0.15) is 0 Å². The van der Waals surface area contributed by atoms with Crippen LogP contribution in [-0.2, 0) is 11.2 Å². The van der Waals surface area contributed by atoms with Crippen LogP contribution in [-0.4, -0.2) is 41.2 Å². The number of thiophene rings is 1. The van der Waals surface area contributed by atoms with Crippen LogP contribution in [0.5, 0.6) is 0 Å². The zero-order valence-corrected chi connectivity index (χ0v) is 19.7. The number of carbonyl (C=O) groups excluding carboxylic acids is 2. The van der Waals surface area contributed by atoms with Crippen LogP contribution in [0.3, 0.4) is 0 Å². The molecule has 0 N–H and O–H groups in total. The molecular formula is C26H30N2O3S. The summed E-state index contributed by atoms with van der Waals surface area (Å²) in [7, 11) is 0. The molecule has 0 aliphatic carbocycles. The Morgan fingerprint density at radius 3 is 2.69 bits per heavy atom. The Bertz CT molecular complexity index is 1070. The van der Waals surface area contributed by atoms with Crippen LogP contribution < -0.4 is 0 Å². The fraction of sp³-hybridized carbons (Fsp3) is 0.385. The molecule has 1 aliphatic rings. The van der Waals surface area contributed by atoms with Gasteiger partial charge in [0.15, 0.2) is 5.76 Å². The van der Waals surface area contributed by atoms with Gasteiger partial charge in [-0.05, 0) is 66.0 Å². The van der Waals surface area contributed by atoms with E-state index in [4.69, 9.17) is 4.42 Å². The van der Waals surface area contributed by atoms with Crippen molar-refractivity contribution in [2.45, 2.75) is 39.7 Å². The maximum absolute atomic E-state index is 13.7. The molecule has 2 amide bonds.